The number of likely N-dealkylation sites (tertiary alicyclic amines) is 1. The van der Waals surface area contributed by atoms with Gasteiger partial charge in [-0.05, 0) is 65.9 Å². The maximum Gasteiger partial charge on any atom is 0.410 e. The lowest BCUT2D eigenvalue weighted by Gasteiger charge is -2.41. The highest BCUT2D eigenvalue weighted by atomic mass is 16.6. The van der Waals surface area contributed by atoms with Crippen LogP contribution in [0.3, 0.4) is 0 Å². The number of rotatable bonds is 8. The monoisotopic (exact) mass is 497 g/mol. The molecule has 2 aromatic rings. The van der Waals surface area contributed by atoms with Crippen LogP contribution in [0, 0.1) is 0 Å². The standard InChI is InChI=1S/C28H39N3O5/c1-18(2)35-26-21(25(33-6)29-24(30-26)20-14-15-20)17-34-22-13-10-16-31(27(32)36-28(3,4)5)23(22)19-11-8-7-9-12-19/h7-9,11-12,18,20,22-23H,10,13-17H2,1-6H3/t22-,23-/m0/s1. The van der Waals surface area contributed by atoms with Crippen LogP contribution in [0.5, 0.6) is 11.8 Å². The third-order valence-corrected chi connectivity index (χ3v) is 6.22. The normalized spacial score (nSPS) is 20.4. The van der Waals surface area contributed by atoms with Gasteiger partial charge < -0.3 is 18.9 Å². The Morgan fingerprint density at radius 2 is 1.78 bits per heavy atom. The molecule has 1 amide bonds. The molecule has 1 saturated heterocycles. The van der Waals surface area contributed by atoms with E-state index in [-0.39, 0.29) is 30.9 Å². The Kier molecular flexibility index (Phi) is 8.03. The zero-order valence-corrected chi connectivity index (χ0v) is 22.3. The predicted molar refractivity (Wildman–Crippen MR) is 136 cm³/mol. The Morgan fingerprint density at radius 3 is 2.39 bits per heavy atom. The SMILES string of the molecule is COc1nc(C2CC2)nc(OC(C)C)c1CO[C@H]1CCCN(C(=O)OC(C)(C)C)[C@H]1c1ccccc1. The number of nitrogens with zero attached hydrogens (tertiary/aromatic N) is 3. The fraction of sp³-hybridized carbons (Fsp3) is 0.607. The van der Waals surface area contributed by atoms with Crippen molar-refractivity contribution in [3.05, 3.63) is 47.3 Å². The number of hydrogen-bond donors (Lipinski definition) is 0. The minimum Gasteiger partial charge on any atom is -0.481 e. The van der Waals surface area contributed by atoms with Gasteiger partial charge in [0.05, 0.1) is 32.0 Å². The molecule has 1 aliphatic heterocycles. The van der Waals surface area contributed by atoms with E-state index in [1.165, 1.54) is 0 Å². The van der Waals surface area contributed by atoms with E-state index in [0.717, 1.165) is 37.1 Å². The van der Waals surface area contributed by atoms with Gasteiger partial charge in [0.25, 0.3) is 0 Å². The minimum atomic E-state index is -0.580. The molecule has 8 nitrogen and oxygen atoms in total. The van der Waals surface area contributed by atoms with Crippen molar-refractivity contribution in [3.63, 3.8) is 0 Å². The molecule has 2 atom stereocenters. The van der Waals surface area contributed by atoms with Gasteiger partial charge in [-0.1, -0.05) is 30.3 Å². The zero-order chi connectivity index (χ0) is 25.9. The van der Waals surface area contributed by atoms with Gasteiger partial charge >= 0.3 is 6.09 Å². The Balaban J connectivity index is 1.61. The van der Waals surface area contributed by atoms with E-state index in [1.54, 1.807) is 12.0 Å². The lowest BCUT2D eigenvalue weighted by Crippen LogP contribution is -2.47. The first kappa shape index (κ1) is 26.2. The van der Waals surface area contributed by atoms with E-state index in [2.05, 4.69) is 4.98 Å². The molecule has 1 aliphatic carbocycles. The number of benzene rings is 1. The van der Waals surface area contributed by atoms with Gasteiger partial charge in [-0.25, -0.2) is 4.79 Å². The second-order valence-corrected chi connectivity index (χ2v) is 10.8. The van der Waals surface area contributed by atoms with E-state index in [0.29, 0.717) is 29.8 Å². The van der Waals surface area contributed by atoms with Crippen molar-refractivity contribution in [3.8, 4) is 11.8 Å². The molecule has 0 bridgehead atoms. The maximum absolute atomic E-state index is 13.2. The Morgan fingerprint density at radius 1 is 1.08 bits per heavy atom. The second kappa shape index (κ2) is 11.0. The molecule has 8 heteroatoms. The smallest absolute Gasteiger partial charge is 0.410 e. The quantitative estimate of drug-likeness (QED) is 0.455. The number of carbonyl (C=O) groups excluding carboxylic acids is 1. The van der Waals surface area contributed by atoms with Gasteiger partial charge in [0.15, 0.2) is 0 Å². The fourth-order valence-electron chi connectivity index (χ4n) is 4.49. The average molecular weight is 498 g/mol. The lowest BCUT2D eigenvalue weighted by molar-refractivity contribution is -0.0610. The van der Waals surface area contributed by atoms with Crippen LogP contribution in [-0.4, -0.2) is 52.4 Å². The van der Waals surface area contributed by atoms with Crippen LogP contribution in [0.15, 0.2) is 30.3 Å². The molecule has 0 N–H and O–H groups in total. The highest BCUT2D eigenvalue weighted by Crippen LogP contribution is 2.41. The van der Waals surface area contributed by atoms with Gasteiger partial charge in [0.2, 0.25) is 11.8 Å². The van der Waals surface area contributed by atoms with Gasteiger partial charge in [-0.2, -0.15) is 9.97 Å². The number of aromatic nitrogens is 2. The number of hydrogen-bond acceptors (Lipinski definition) is 7. The molecular formula is C28H39N3O5. The first-order valence-corrected chi connectivity index (χ1v) is 12.9. The average Bonchev–Trinajstić information content (AvgIpc) is 3.67. The number of piperidine rings is 1. The number of methoxy groups -OCH3 is 1. The molecule has 2 fully saturated rings. The number of carbonyl (C=O) groups is 1. The van der Waals surface area contributed by atoms with Gasteiger partial charge in [-0.15, -0.1) is 0 Å². The molecule has 0 radical (unpaired) electrons. The van der Waals surface area contributed by atoms with Gasteiger partial charge in [-0.3, -0.25) is 4.90 Å². The van der Waals surface area contributed by atoms with Crippen LogP contribution < -0.4 is 9.47 Å². The summed E-state index contributed by atoms with van der Waals surface area (Å²) >= 11 is 0. The molecular weight excluding hydrogens is 458 g/mol. The summed E-state index contributed by atoms with van der Waals surface area (Å²) in [6, 6.07) is 9.73. The molecule has 2 aliphatic rings. The second-order valence-electron chi connectivity index (χ2n) is 10.8. The van der Waals surface area contributed by atoms with Crippen molar-refractivity contribution in [1.82, 2.24) is 14.9 Å². The zero-order valence-electron chi connectivity index (χ0n) is 22.3. The van der Waals surface area contributed by atoms with Crippen LogP contribution in [0.4, 0.5) is 4.79 Å². The van der Waals surface area contributed by atoms with Crippen LogP contribution in [-0.2, 0) is 16.1 Å². The van der Waals surface area contributed by atoms with Crippen molar-refractivity contribution in [2.75, 3.05) is 13.7 Å². The van der Waals surface area contributed by atoms with Crippen molar-refractivity contribution < 1.29 is 23.7 Å². The number of amides is 1. The fourth-order valence-corrected chi connectivity index (χ4v) is 4.49. The maximum atomic E-state index is 13.2. The summed E-state index contributed by atoms with van der Waals surface area (Å²) in [5.74, 6) is 2.13. The lowest BCUT2D eigenvalue weighted by atomic mass is 9.92. The summed E-state index contributed by atoms with van der Waals surface area (Å²) in [4.78, 5) is 24.4. The Hall–Kier alpha value is -2.87. The van der Waals surface area contributed by atoms with E-state index < -0.39 is 5.60 Å². The Labute approximate surface area is 214 Å². The van der Waals surface area contributed by atoms with Crippen molar-refractivity contribution in [2.24, 2.45) is 0 Å². The summed E-state index contributed by atoms with van der Waals surface area (Å²) in [5.41, 5.74) is 1.12. The van der Waals surface area contributed by atoms with E-state index in [4.69, 9.17) is 23.9 Å². The predicted octanol–water partition coefficient (Wildman–Crippen LogP) is 5.81. The molecule has 1 aromatic carbocycles. The van der Waals surface area contributed by atoms with Gasteiger partial charge in [0.1, 0.15) is 17.0 Å². The summed E-state index contributed by atoms with van der Waals surface area (Å²) in [5, 5.41) is 0. The molecule has 196 valence electrons. The molecule has 2 heterocycles. The molecule has 1 aromatic heterocycles. The Bertz CT molecular complexity index is 1030. The molecule has 4 rings (SSSR count). The highest BCUT2D eigenvalue weighted by Gasteiger charge is 2.39. The number of ether oxygens (including phenoxy) is 4. The summed E-state index contributed by atoms with van der Waals surface area (Å²) < 4.78 is 24.0. The molecule has 1 saturated carbocycles. The summed E-state index contributed by atoms with van der Waals surface area (Å²) in [7, 11) is 1.61. The van der Waals surface area contributed by atoms with Crippen molar-refractivity contribution >= 4 is 6.09 Å². The summed E-state index contributed by atoms with van der Waals surface area (Å²) in [6.07, 6.45) is 3.17. The van der Waals surface area contributed by atoms with Gasteiger partial charge in [0, 0.05) is 12.5 Å². The molecule has 36 heavy (non-hydrogen) atoms. The highest BCUT2D eigenvalue weighted by molar-refractivity contribution is 5.69. The van der Waals surface area contributed by atoms with E-state index in [1.807, 2.05) is 65.0 Å². The van der Waals surface area contributed by atoms with Crippen LogP contribution in [0.25, 0.3) is 0 Å². The largest absolute Gasteiger partial charge is 0.481 e. The molecule has 0 spiro atoms. The first-order chi connectivity index (χ1) is 17.2. The van der Waals surface area contributed by atoms with Crippen LogP contribution in [0.2, 0.25) is 0 Å². The topological polar surface area (TPSA) is 83.0 Å². The van der Waals surface area contributed by atoms with E-state index in [9.17, 15) is 4.79 Å². The molecule has 0 unspecified atom stereocenters. The first-order valence-electron chi connectivity index (χ1n) is 12.9. The third-order valence-electron chi connectivity index (χ3n) is 6.22. The third kappa shape index (κ3) is 6.46. The summed E-state index contributed by atoms with van der Waals surface area (Å²) in [6.45, 7) is 10.4. The minimum absolute atomic E-state index is 0.0511. The van der Waals surface area contributed by atoms with Crippen molar-refractivity contribution in [2.45, 2.75) is 96.7 Å². The van der Waals surface area contributed by atoms with Crippen molar-refractivity contribution in [1.29, 1.82) is 0 Å². The van der Waals surface area contributed by atoms with Crippen LogP contribution in [0.1, 0.15) is 89.2 Å². The van der Waals surface area contributed by atoms with E-state index >= 15 is 0 Å². The van der Waals surface area contributed by atoms with Crippen LogP contribution >= 0.6 is 0 Å².